The molecule has 2 rings (SSSR count). The Kier molecular flexibility index (Phi) is 2.40. The minimum atomic E-state index is -0.630. The Bertz CT molecular complexity index is 389. The molecule has 2 N–H and O–H groups in total. The Morgan fingerprint density at radius 3 is 2.93 bits per heavy atom. The van der Waals surface area contributed by atoms with E-state index in [2.05, 4.69) is 6.58 Å². The van der Waals surface area contributed by atoms with Crippen molar-refractivity contribution in [1.29, 1.82) is 0 Å². The van der Waals surface area contributed by atoms with Gasteiger partial charge in [-0.15, -0.1) is 6.58 Å². The maximum atomic E-state index is 5.78. The lowest BCUT2D eigenvalue weighted by atomic mass is 10.2. The van der Waals surface area contributed by atoms with E-state index < -0.39 is 5.79 Å². The van der Waals surface area contributed by atoms with Crippen LogP contribution in [0.1, 0.15) is 18.9 Å². The number of ether oxygens (including phenoxy) is 2. The highest BCUT2D eigenvalue weighted by Gasteiger charge is 2.36. The van der Waals surface area contributed by atoms with Gasteiger partial charge in [-0.1, -0.05) is 18.2 Å². The molecule has 0 amide bonds. The molecule has 80 valence electrons. The van der Waals surface area contributed by atoms with E-state index in [4.69, 9.17) is 15.2 Å². The van der Waals surface area contributed by atoms with Gasteiger partial charge in [-0.2, -0.15) is 0 Å². The van der Waals surface area contributed by atoms with E-state index in [1.807, 2.05) is 25.1 Å². The first kappa shape index (κ1) is 10.1. The van der Waals surface area contributed by atoms with Crippen LogP contribution in [0.5, 0.6) is 11.5 Å². The Hall–Kier alpha value is -1.48. The molecule has 1 aromatic rings. The molecule has 1 aliphatic heterocycles. The van der Waals surface area contributed by atoms with Gasteiger partial charge in [0, 0.05) is 25.5 Å². The molecule has 15 heavy (non-hydrogen) atoms. The van der Waals surface area contributed by atoms with Crippen LogP contribution < -0.4 is 15.2 Å². The summed E-state index contributed by atoms with van der Waals surface area (Å²) in [4.78, 5) is 0. The molecule has 0 bridgehead atoms. The molecule has 0 saturated carbocycles. The lowest BCUT2D eigenvalue weighted by Gasteiger charge is -2.21. The van der Waals surface area contributed by atoms with E-state index in [1.165, 1.54) is 0 Å². The van der Waals surface area contributed by atoms with Crippen molar-refractivity contribution in [2.45, 2.75) is 25.7 Å². The van der Waals surface area contributed by atoms with Gasteiger partial charge >= 0.3 is 0 Å². The SMILES string of the molecule is C=CCC1(C)Oc2cccc(CN)c2O1. The van der Waals surface area contributed by atoms with Crippen molar-refractivity contribution < 1.29 is 9.47 Å². The molecule has 0 aliphatic carbocycles. The summed E-state index contributed by atoms with van der Waals surface area (Å²) in [6.07, 6.45) is 2.43. The van der Waals surface area contributed by atoms with Crippen LogP contribution >= 0.6 is 0 Å². The van der Waals surface area contributed by atoms with E-state index in [0.717, 1.165) is 17.1 Å². The predicted octanol–water partition coefficient (Wildman–Crippen LogP) is 2.21. The second kappa shape index (κ2) is 3.59. The molecule has 0 radical (unpaired) electrons. The summed E-state index contributed by atoms with van der Waals surface area (Å²) in [5.41, 5.74) is 6.60. The van der Waals surface area contributed by atoms with Gasteiger partial charge in [-0.3, -0.25) is 0 Å². The number of nitrogens with two attached hydrogens (primary N) is 1. The predicted molar refractivity (Wildman–Crippen MR) is 58.8 cm³/mol. The molecule has 0 aromatic heterocycles. The van der Waals surface area contributed by atoms with Gasteiger partial charge in [-0.25, -0.2) is 0 Å². The lowest BCUT2D eigenvalue weighted by molar-refractivity contribution is -0.0583. The zero-order chi connectivity index (χ0) is 10.9. The molecule has 1 atom stereocenters. The summed E-state index contributed by atoms with van der Waals surface area (Å²) in [6, 6.07) is 5.76. The van der Waals surface area contributed by atoms with Gasteiger partial charge in [0.05, 0.1) is 0 Å². The van der Waals surface area contributed by atoms with Crippen LogP contribution in [-0.4, -0.2) is 5.79 Å². The zero-order valence-corrected chi connectivity index (χ0v) is 8.82. The molecule has 0 spiro atoms. The average molecular weight is 205 g/mol. The van der Waals surface area contributed by atoms with Crippen LogP contribution in [0.15, 0.2) is 30.9 Å². The molecule has 3 nitrogen and oxygen atoms in total. The highest BCUT2D eigenvalue weighted by atomic mass is 16.7. The van der Waals surface area contributed by atoms with Gasteiger partial charge in [0.25, 0.3) is 5.79 Å². The summed E-state index contributed by atoms with van der Waals surface area (Å²) >= 11 is 0. The molecule has 1 aromatic carbocycles. The van der Waals surface area contributed by atoms with Crippen molar-refractivity contribution in [1.82, 2.24) is 0 Å². The second-order valence-corrected chi connectivity index (χ2v) is 3.78. The van der Waals surface area contributed by atoms with Crippen LogP contribution in [0.2, 0.25) is 0 Å². The fraction of sp³-hybridized carbons (Fsp3) is 0.333. The third-order valence-electron chi connectivity index (χ3n) is 2.44. The third-order valence-corrected chi connectivity index (χ3v) is 2.44. The lowest BCUT2D eigenvalue weighted by Crippen LogP contribution is -2.33. The highest BCUT2D eigenvalue weighted by molar-refractivity contribution is 5.49. The number of hydrogen-bond acceptors (Lipinski definition) is 3. The molecule has 0 fully saturated rings. The maximum absolute atomic E-state index is 5.78. The highest BCUT2D eigenvalue weighted by Crippen LogP contribution is 2.42. The van der Waals surface area contributed by atoms with Crippen molar-refractivity contribution in [2.24, 2.45) is 5.73 Å². The first-order valence-electron chi connectivity index (χ1n) is 4.99. The van der Waals surface area contributed by atoms with Crippen molar-refractivity contribution in [3.63, 3.8) is 0 Å². The quantitative estimate of drug-likeness (QED) is 0.769. The molecule has 1 unspecified atom stereocenters. The fourth-order valence-electron chi connectivity index (χ4n) is 1.73. The minimum Gasteiger partial charge on any atom is -0.448 e. The normalized spacial score (nSPS) is 22.8. The van der Waals surface area contributed by atoms with E-state index >= 15 is 0 Å². The third kappa shape index (κ3) is 1.70. The van der Waals surface area contributed by atoms with Crippen LogP contribution in [0.25, 0.3) is 0 Å². The van der Waals surface area contributed by atoms with Crippen molar-refractivity contribution >= 4 is 0 Å². The first-order chi connectivity index (χ1) is 7.18. The number of benzene rings is 1. The molecular weight excluding hydrogens is 190 g/mol. The van der Waals surface area contributed by atoms with Gasteiger partial charge in [0.1, 0.15) is 0 Å². The van der Waals surface area contributed by atoms with Crippen LogP contribution in [-0.2, 0) is 6.54 Å². The van der Waals surface area contributed by atoms with Gasteiger partial charge < -0.3 is 15.2 Å². The first-order valence-corrected chi connectivity index (χ1v) is 4.99. The monoisotopic (exact) mass is 205 g/mol. The second-order valence-electron chi connectivity index (χ2n) is 3.78. The van der Waals surface area contributed by atoms with E-state index in [-0.39, 0.29) is 0 Å². The zero-order valence-electron chi connectivity index (χ0n) is 8.82. The molecular formula is C12H15NO2. The molecule has 1 heterocycles. The fourth-order valence-corrected chi connectivity index (χ4v) is 1.73. The maximum Gasteiger partial charge on any atom is 0.252 e. The smallest absolute Gasteiger partial charge is 0.252 e. The number of hydrogen-bond donors (Lipinski definition) is 1. The van der Waals surface area contributed by atoms with E-state index in [0.29, 0.717) is 13.0 Å². The Labute approximate surface area is 89.5 Å². The van der Waals surface area contributed by atoms with Crippen molar-refractivity contribution in [3.05, 3.63) is 36.4 Å². The molecule has 3 heteroatoms. The van der Waals surface area contributed by atoms with Gasteiger partial charge in [-0.05, 0) is 6.07 Å². The summed E-state index contributed by atoms with van der Waals surface area (Å²) < 4.78 is 11.5. The Balaban J connectivity index is 2.33. The minimum absolute atomic E-state index is 0.455. The van der Waals surface area contributed by atoms with Crippen LogP contribution in [0, 0.1) is 0 Å². The topological polar surface area (TPSA) is 44.5 Å². The van der Waals surface area contributed by atoms with Crippen LogP contribution in [0.3, 0.4) is 0 Å². The number of fused-ring (bicyclic) bond motifs is 1. The standard InChI is InChI=1S/C12H15NO2/c1-3-7-12(2)14-10-6-4-5-9(8-13)11(10)15-12/h3-6H,1,7-8,13H2,2H3. The van der Waals surface area contributed by atoms with Gasteiger partial charge in [0.2, 0.25) is 0 Å². The van der Waals surface area contributed by atoms with Crippen LogP contribution in [0.4, 0.5) is 0 Å². The summed E-state index contributed by atoms with van der Waals surface area (Å²) in [6.45, 7) is 6.04. The van der Waals surface area contributed by atoms with Crippen molar-refractivity contribution in [3.8, 4) is 11.5 Å². The summed E-state index contributed by atoms with van der Waals surface area (Å²) in [7, 11) is 0. The van der Waals surface area contributed by atoms with E-state index in [1.54, 1.807) is 6.08 Å². The molecule has 1 aliphatic rings. The average Bonchev–Trinajstić information content (AvgIpc) is 2.53. The van der Waals surface area contributed by atoms with Crippen molar-refractivity contribution in [2.75, 3.05) is 0 Å². The largest absolute Gasteiger partial charge is 0.448 e. The number of rotatable bonds is 3. The van der Waals surface area contributed by atoms with Gasteiger partial charge in [0.15, 0.2) is 11.5 Å². The van der Waals surface area contributed by atoms with E-state index in [9.17, 15) is 0 Å². The Morgan fingerprint density at radius 2 is 2.27 bits per heavy atom. The summed E-state index contributed by atoms with van der Waals surface area (Å²) in [5.74, 6) is 0.904. The molecule has 0 saturated heterocycles. The Morgan fingerprint density at radius 1 is 1.47 bits per heavy atom. The number of para-hydroxylation sites is 1. The summed E-state index contributed by atoms with van der Waals surface area (Å²) in [5, 5.41) is 0.